The van der Waals surface area contributed by atoms with E-state index < -0.39 is 0 Å². The van der Waals surface area contributed by atoms with Crippen LogP contribution in [0.15, 0.2) is 48.9 Å². The molecule has 0 saturated heterocycles. The number of carbonyl (C=O) groups excluding carboxylic acids is 1. The van der Waals surface area contributed by atoms with Crippen LogP contribution in [0, 0.1) is 0 Å². The first-order valence-electron chi connectivity index (χ1n) is 8.04. The molecule has 0 fully saturated rings. The summed E-state index contributed by atoms with van der Waals surface area (Å²) in [6.07, 6.45) is 5.34. The van der Waals surface area contributed by atoms with Crippen LogP contribution in [0.2, 0.25) is 0 Å². The van der Waals surface area contributed by atoms with Gasteiger partial charge in [-0.15, -0.1) is 0 Å². The van der Waals surface area contributed by atoms with E-state index in [9.17, 15) is 4.79 Å². The first kappa shape index (κ1) is 15.3. The van der Waals surface area contributed by atoms with E-state index in [0.717, 1.165) is 17.1 Å². The Morgan fingerprint density at radius 3 is 2.76 bits per heavy atom. The Balaban J connectivity index is 1.50. The van der Waals surface area contributed by atoms with Gasteiger partial charge < -0.3 is 19.4 Å². The van der Waals surface area contributed by atoms with Crippen LogP contribution in [0.5, 0.6) is 11.5 Å². The molecule has 1 aliphatic rings. The first-order chi connectivity index (χ1) is 12.2. The van der Waals surface area contributed by atoms with Crippen LogP contribution in [-0.4, -0.2) is 33.5 Å². The SMILES string of the molecule is Cn1ncc(C(=O)NCc2ccc3c(c2)OCCO3)c1-n1cccc1. The fourth-order valence-corrected chi connectivity index (χ4v) is 2.85. The van der Waals surface area contributed by atoms with Gasteiger partial charge in [0, 0.05) is 26.0 Å². The Morgan fingerprint density at radius 1 is 1.20 bits per heavy atom. The largest absolute Gasteiger partial charge is 0.486 e. The van der Waals surface area contributed by atoms with Crippen molar-refractivity contribution >= 4 is 5.91 Å². The summed E-state index contributed by atoms with van der Waals surface area (Å²) in [7, 11) is 1.81. The van der Waals surface area contributed by atoms with Gasteiger partial charge in [-0.3, -0.25) is 9.48 Å². The zero-order valence-electron chi connectivity index (χ0n) is 13.8. The second-order valence-electron chi connectivity index (χ2n) is 5.76. The van der Waals surface area contributed by atoms with E-state index >= 15 is 0 Å². The molecule has 0 bridgehead atoms. The molecule has 1 N–H and O–H groups in total. The number of aromatic nitrogens is 3. The lowest BCUT2D eigenvalue weighted by Crippen LogP contribution is -2.24. The molecule has 0 atom stereocenters. The van der Waals surface area contributed by atoms with Gasteiger partial charge in [-0.25, -0.2) is 0 Å². The lowest BCUT2D eigenvalue weighted by Gasteiger charge is -2.19. The fourth-order valence-electron chi connectivity index (χ4n) is 2.85. The van der Waals surface area contributed by atoms with Crippen LogP contribution < -0.4 is 14.8 Å². The molecule has 0 saturated carbocycles. The number of hydrogen-bond donors (Lipinski definition) is 1. The van der Waals surface area contributed by atoms with E-state index in [1.807, 2.05) is 54.3 Å². The van der Waals surface area contributed by atoms with Crippen LogP contribution in [0.25, 0.3) is 5.82 Å². The minimum atomic E-state index is -0.174. The minimum Gasteiger partial charge on any atom is -0.486 e. The van der Waals surface area contributed by atoms with Crippen molar-refractivity contribution in [2.75, 3.05) is 13.2 Å². The van der Waals surface area contributed by atoms with Crippen molar-refractivity contribution in [2.45, 2.75) is 6.54 Å². The van der Waals surface area contributed by atoms with Gasteiger partial charge in [0.25, 0.3) is 5.91 Å². The molecule has 7 nitrogen and oxygen atoms in total. The van der Waals surface area contributed by atoms with Gasteiger partial charge in [0.15, 0.2) is 11.5 Å². The zero-order valence-corrected chi connectivity index (χ0v) is 13.8. The monoisotopic (exact) mass is 338 g/mol. The number of nitrogens with one attached hydrogen (secondary N) is 1. The summed E-state index contributed by atoms with van der Waals surface area (Å²) in [5.41, 5.74) is 1.47. The number of benzene rings is 1. The van der Waals surface area contributed by atoms with Crippen LogP contribution in [0.4, 0.5) is 0 Å². The summed E-state index contributed by atoms with van der Waals surface area (Å²) in [5.74, 6) is 2.01. The molecule has 1 amide bonds. The highest BCUT2D eigenvalue weighted by Gasteiger charge is 2.17. The standard InChI is InChI=1S/C18H18N4O3/c1-21-18(22-6-2-3-7-22)14(12-20-21)17(23)19-11-13-4-5-15-16(10-13)25-9-8-24-15/h2-7,10,12H,8-9,11H2,1H3,(H,19,23). The quantitative estimate of drug-likeness (QED) is 0.789. The first-order valence-corrected chi connectivity index (χ1v) is 8.04. The predicted molar refractivity (Wildman–Crippen MR) is 91.1 cm³/mol. The smallest absolute Gasteiger partial charge is 0.256 e. The number of carbonyl (C=O) groups is 1. The van der Waals surface area contributed by atoms with Crippen molar-refractivity contribution in [2.24, 2.45) is 7.05 Å². The maximum absolute atomic E-state index is 12.6. The molecule has 0 aliphatic carbocycles. The van der Waals surface area contributed by atoms with E-state index in [-0.39, 0.29) is 5.91 Å². The van der Waals surface area contributed by atoms with Crippen molar-refractivity contribution in [3.8, 4) is 17.3 Å². The Labute approximate surface area is 144 Å². The molecular weight excluding hydrogens is 320 g/mol. The molecule has 3 heterocycles. The number of hydrogen-bond acceptors (Lipinski definition) is 4. The van der Waals surface area contributed by atoms with Crippen molar-refractivity contribution in [3.05, 3.63) is 60.0 Å². The van der Waals surface area contributed by atoms with E-state index in [1.165, 1.54) is 0 Å². The number of nitrogens with zero attached hydrogens (tertiary/aromatic N) is 3. The van der Waals surface area contributed by atoms with Gasteiger partial charge >= 0.3 is 0 Å². The summed E-state index contributed by atoms with van der Waals surface area (Å²) in [6.45, 7) is 1.50. The maximum Gasteiger partial charge on any atom is 0.256 e. The van der Waals surface area contributed by atoms with E-state index in [0.29, 0.717) is 31.1 Å². The van der Waals surface area contributed by atoms with Crippen molar-refractivity contribution in [1.82, 2.24) is 19.7 Å². The van der Waals surface area contributed by atoms with Gasteiger partial charge in [0.2, 0.25) is 0 Å². The Bertz CT molecular complexity index is 899. The van der Waals surface area contributed by atoms with Crippen LogP contribution >= 0.6 is 0 Å². The average Bonchev–Trinajstić information content (AvgIpc) is 3.28. The number of amides is 1. The molecule has 7 heteroatoms. The third-order valence-corrected chi connectivity index (χ3v) is 4.06. The molecule has 0 unspecified atom stereocenters. The summed E-state index contributed by atoms with van der Waals surface area (Å²) < 4.78 is 14.6. The highest BCUT2D eigenvalue weighted by atomic mass is 16.6. The molecule has 3 aromatic rings. The lowest BCUT2D eigenvalue weighted by atomic mass is 10.2. The molecular formula is C18H18N4O3. The van der Waals surface area contributed by atoms with E-state index in [1.54, 1.807) is 10.9 Å². The Hall–Kier alpha value is -3.22. The van der Waals surface area contributed by atoms with Crippen molar-refractivity contribution in [3.63, 3.8) is 0 Å². The maximum atomic E-state index is 12.6. The molecule has 1 aromatic carbocycles. The molecule has 2 aromatic heterocycles. The summed E-state index contributed by atoms with van der Waals surface area (Å²) in [6, 6.07) is 9.49. The second-order valence-corrected chi connectivity index (χ2v) is 5.76. The Morgan fingerprint density at radius 2 is 1.96 bits per heavy atom. The van der Waals surface area contributed by atoms with Gasteiger partial charge in [0.1, 0.15) is 24.6 Å². The van der Waals surface area contributed by atoms with Crippen molar-refractivity contribution in [1.29, 1.82) is 0 Å². The van der Waals surface area contributed by atoms with Crippen LogP contribution in [0.1, 0.15) is 15.9 Å². The fraction of sp³-hybridized carbons (Fsp3) is 0.222. The lowest BCUT2D eigenvalue weighted by molar-refractivity contribution is 0.0950. The molecule has 128 valence electrons. The van der Waals surface area contributed by atoms with Gasteiger partial charge in [-0.1, -0.05) is 6.07 Å². The number of aryl methyl sites for hydroxylation is 1. The highest BCUT2D eigenvalue weighted by molar-refractivity contribution is 5.97. The summed E-state index contributed by atoms with van der Waals surface area (Å²) >= 11 is 0. The topological polar surface area (TPSA) is 70.3 Å². The highest BCUT2D eigenvalue weighted by Crippen LogP contribution is 2.30. The van der Waals surface area contributed by atoms with Crippen LogP contribution in [0.3, 0.4) is 0 Å². The number of fused-ring (bicyclic) bond motifs is 1. The van der Waals surface area contributed by atoms with Gasteiger partial charge in [0.05, 0.1) is 6.20 Å². The normalized spacial score (nSPS) is 12.8. The number of ether oxygens (including phenoxy) is 2. The summed E-state index contributed by atoms with van der Waals surface area (Å²) in [4.78, 5) is 12.6. The third kappa shape index (κ3) is 2.96. The molecule has 1 aliphatic heterocycles. The molecule has 0 radical (unpaired) electrons. The number of rotatable bonds is 4. The molecule has 0 spiro atoms. The third-order valence-electron chi connectivity index (χ3n) is 4.06. The minimum absolute atomic E-state index is 0.174. The van der Waals surface area contributed by atoms with Gasteiger partial charge in [-0.05, 0) is 29.8 Å². The van der Waals surface area contributed by atoms with Crippen LogP contribution in [-0.2, 0) is 13.6 Å². The van der Waals surface area contributed by atoms with Crippen molar-refractivity contribution < 1.29 is 14.3 Å². The average molecular weight is 338 g/mol. The molecule has 25 heavy (non-hydrogen) atoms. The second kappa shape index (κ2) is 6.35. The molecule has 4 rings (SSSR count). The van der Waals surface area contributed by atoms with E-state index in [2.05, 4.69) is 10.4 Å². The van der Waals surface area contributed by atoms with Gasteiger partial charge in [-0.2, -0.15) is 5.10 Å². The van der Waals surface area contributed by atoms with E-state index in [4.69, 9.17) is 9.47 Å². The Kier molecular flexibility index (Phi) is 3.89. The zero-order chi connectivity index (χ0) is 17.2. The predicted octanol–water partition coefficient (Wildman–Crippen LogP) is 1.91. The summed E-state index contributed by atoms with van der Waals surface area (Å²) in [5, 5.41) is 7.14.